The van der Waals surface area contributed by atoms with Gasteiger partial charge in [0.1, 0.15) is 11.3 Å². The number of benzene rings is 1. The number of aromatic nitrogens is 2. The lowest BCUT2D eigenvalue weighted by molar-refractivity contribution is 0.0952. The van der Waals surface area contributed by atoms with Gasteiger partial charge in [-0.1, -0.05) is 18.2 Å². The summed E-state index contributed by atoms with van der Waals surface area (Å²) in [5.74, 6) is 0.575. The van der Waals surface area contributed by atoms with Crippen molar-refractivity contribution < 1.29 is 9.21 Å². The molecule has 0 saturated heterocycles. The van der Waals surface area contributed by atoms with Crippen molar-refractivity contribution in [3.8, 4) is 0 Å². The molecule has 5 nitrogen and oxygen atoms in total. The minimum Gasteiger partial charge on any atom is -0.461 e. The number of nitrogens with one attached hydrogen (secondary N) is 1. The second-order valence-corrected chi connectivity index (χ2v) is 4.94. The molecule has 1 aromatic carbocycles. The summed E-state index contributed by atoms with van der Waals surface area (Å²) < 4.78 is 7.60. The minimum absolute atomic E-state index is 0.0805. The zero-order chi connectivity index (χ0) is 14.7. The number of para-hydroxylation sites is 1. The van der Waals surface area contributed by atoms with Gasteiger partial charge in [-0.2, -0.15) is 0 Å². The number of amides is 1. The van der Waals surface area contributed by atoms with Gasteiger partial charge in [0.25, 0.3) is 5.91 Å². The molecule has 1 amide bonds. The van der Waals surface area contributed by atoms with Gasteiger partial charge in [0.05, 0.1) is 11.9 Å². The Morgan fingerprint density at radius 1 is 1.38 bits per heavy atom. The van der Waals surface area contributed by atoms with Crippen molar-refractivity contribution in [1.82, 2.24) is 14.9 Å². The Morgan fingerprint density at radius 2 is 2.24 bits per heavy atom. The molecular weight excluding hydrogens is 266 g/mol. The molecule has 1 N–H and O–H groups in total. The molecule has 2 aromatic heterocycles. The van der Waals surface area contributed by atoms with Gasteiger partial charge >= 0.3 is 0 Å². The Balaban J connectivity index is 1.63. The van der Waals surface area contributed by atoms with Crippen LogP contribution in [0.4, 0.5) is 0 Å². The van der Waals surface area contributed by atoms with E-state index in [1.165, 1.54) is 0 Å². The van der Waals surface area contributed by atoms with Gasteiger partial charge < -0.3 is 14.3 Å². The summed E-state index contributed by atoms with van der Waals surface area (Å²) in [6, 6.07) is 7.59. The largest absolute Gasteiger partial charge is 0.461 e. The van der Waals surface area contributed by atoms with E-state index in [0.717, 1.165) is 23.9 Å². The van der Waals surface area contributed by atoms with E-state index in [4.69, 9.17) is 4.42 Å². The summed E-state index contributed by atoms with van der Waals surface area (Å²) in [4.78, 5) is 16.3. The van der Waals surface area contributed by atoms with E-state index in [1.807, 2.05) is 42.0 Å². The number of imidazole rings is 1. The molecule has 0 atom stereocenters. The van der Waals surface area contributed by atoms with E-state index >= 15 is 0 Å². The maximum absolute atomic E-state index is 12.3. The van der Waals surface area contributed by atoms with Gasteiger partial charge in [0.15, 0.2) is 0 Å². The van der Waals surface area contributed by atoms with Crippen LogP contribution in [0.25, 0.3) is 11.0 Å². The second kappa shape index (κ2) is 5.83. The smallest absolute Gasteiger partial charge is 0.255 e. The molecule has 0 spiro atoms. The van der Waals surface area contributed by atoms with Crippen molar-refractivity contribution in [2.24, 2.45) is 0 Å². The number of hydrogen-bond acceptors (Lipinski definition) is 3. The Labute approximate surface area is 122 Å². The van der Waals surface area contributed by atoms with Crippen molar-refractivity contribution in [2.45, 2.75) is 19.9 Å². The predicted octanol–water partition coefficient (Wildman–Crippen LogP) is 2.76. The van der Waals surface area contributed by atoms with Crippen molar-refractivity contribution in [3.63, 3.8) is 0 Å². The first-order valence-corrected chi connectivity index (χ1v) is 6.98. The Bertz CT molecular complexity index is 744. The van der Waals surface area contributed by atoms with Crippen molar-refractivity contribution >= 4 is 16.9 Å². The molecule has 0 saturated carbocycles. The molecule has 0 fully saturated rings. The van der Waals surface area contributed by atoms with Gasteiger partial charge in [-0.05, 0) is 19.4 Å². The fraction of sp³-hybridized carbons (Fsp3) is 0.250. The molecule has 0 radical (unpaired) electrons. The van der Waals surface area contributed by atoms with Crippen molar-refractivity contribution in [3.05, 3.63) is 54.3 Å². The zero-order valence-corrected chi connectivity index (χ0v) is 11.9. The first kappa shape index (κ1) is 13.4. The first-order chi connectivity index (χ1) is 10.3. The maximum atomic E-state index is 12.3. The summed E-state index contributed by atoms with van der Waals surface area (Å²) in [5.41, 5.74) is 1.38. The fourth-order valence-corrected chi connectivity index (χ4v) is 2.42. The van der Waals surface area contributed by atoms with Crippen LogP contribution in [0.2, 0.25) is 0 Å². The van der Waals surface area contributed by atoms with Crippen LogP contribution in [-0.2, 0) is 6.54 Å². The third kappa shape index (κ3) is 2.81. The highest BCUT2D eigenvalue weighted by Gasteiger charge is 2.17. The average Bonchev–Trinajstić information content (AvgIpc) is 3.09. The van der Waals surface area contributed by atoms with E-state index < -0.39 is 0 Å². The monoisotopic (exact) mass is 283 g/mol. The van der Waals surface area contributed by atoms with Gasteiger partial charge in [-0.25, -0.2) is 4.98 Å². The molecular formula is C16H17N3O2. The zero-order valence-electron chi connectivity index (χ0n) is 11.9. The number of furan rings is 1. The number of fused-ring (bicyclic) bond motifs is 1. The summed E-state index contributed by atoms with van der Waals surface area (Å²) >= 11 is 0. The summed E-state index contributed by atoms with van der Waals surface area (Å²) in [6.07, 6.45) is 6.29. The van der Waals surface area contributed by atoms with Crippen LogP contribution >= 0.6 is 0 Å². The van der Waals surface area contributed by atoms with Crippen LogP contribution < -0.4 is 5.32 Å². The Kier molecular flexibility index (Phi) is 3.73. The number of aryl methyl sites for hydroxylation is 2. The lowest BCUT2D eigenvalue weighted by Gasteiger charge is -2.05. The maximum Gasteiger partial charge on any atom is 0.255 e. The highest BCUT2D eigenvalue weighted by molar-refractivity contribution is 6.07. The number of hydrogen-bond donors (Lipinski definition) is 1. The van der Waals surface area contributed by atoms with Crippen LogP contribution in [-0.4, -0.2) is 22.0 Å². The normalized spacial score (nSPS) is 10.9. The molecule has 3 aromatic rings. The van der Waals surface area contributed by atoms with E-state index in [9.17, 15) is 4.79 Å². The minimum atomic E-state index is -0.0805. The number of rotatable bonds is 5. The Morgan fingerprint density at radius 3 is 3.05 bits per heavy atom. The molecule has 3 rings (SSSR count). The number of nitrogens with zero attached hydrogens (tertiary/aromatic N) is 2. The third-order valence-corrected chi connectivity index (χ3v) is 3.44. The third-order valence-electron chi connectivity index (χ3n) is 3.44. The van der Waals surface area contributed by atoms with Crippen LogP contribution in [0.3, 0.4) is 0 Å². The van der Waals surface area contributed by atoms with Crippen LogP contribution in [0.5, 0.6) is 0 Å². The predicted molar refractivity (Wildman–Crippen MR) is 80.1 cm³/mol. The fourth-order valence-electron chi connectivity index (χ4n) is 2.42. The number of carbonyl (C=O) groups is 1. The first-order valence-electron chi connectivity index (χ1n) is 6.98. The summed E-state index contributed by atoms with van der Waals surface area (Å²) in [7, 11) is 0. The summed E-state index contributed by atoms with van der Waals surface area (Å²) in [6.45, 7) is 3.28. The molecule has 21 heavy (non-hydrogen) atoms. The highest BCUT2D eigenvalue weighted by Crippen LogP contribution is 2.24. The number of carbonyl (C=O) groups excluding carboxylic acids is 1. The molecule has 2 heterocycles. The molecule has 0 aliphatic rings. The van der Waals surface area contributed by atoms with E-state index in [2.05, 4.69) is 10.3 Å². The molecule has 5 heteroatoms. The van der Waals surface area contributed by atoms with Gasteiger partial charge in [-0.3, -0.25) is 4.79 Å². The van der Waals surface area contributed by atoms with Crippen molar-refractivity contribution in [1.29, 1.82) is 0 Å². The SMILES string of the molecule is Cc1oc2ccccc2c1C(=O)NCCCn1ccnc1. The lowest BCUT2D eigenvalue weighted by atomic mass is 10.1. The summed E-state index contributed by atoms with van der Waals surface area (Å²) in [5, 5.41) is 3.81. The standard InChI is InChI=1S/C16H17N3O2/c1-12-15(13-5-2-3-6-14(13)21-12)16(20)18-7-4-9-19-10-8-17-11-19/h2-3,5-6,8,10-11H,4,7,9H2,1H3,(H,18,20). The second-order valence-electron chi connectivity index (χ2n) is 4.94. The highest BCUT2D eigenvalue weighted by atomic mass is 16.3. The van der Waals surface area contributed by atoms with Crippen LogP contribution in [0.15, 0.2) is 47.4 Å². The quantitative estimate of drug-likeness (QED) is 0.732. The molecule has 0 unspecified atom stereocenters. The van der Waals surface area contributed by atoms with Gasteiger partial charge in [-0.15, -0.1) is 0 Å². The molecule has 0 aliphatic heterocycles. The lowest BCUT2D eigenvalue weighted by Crippen LogP contribution is -2.25. The Hall–Kier alpha value is -2.56. The molecule has 0 bridgehead atoms. The van der Waals surface area contributed by atoms with Crippen LogP contribution in [0.1, 0.15) is 22.5 Å². The van der Waals surface area contributed by atoms with Gasteiger partial charge in [0.2, 0.25) is 0 Å². The topological polar surface area (TPSA) is 60.1 Å². The van der Waals surface area contributed by atoms with Crippen LogP contribution in [0, 0.1) is 6.92 Å². The molecule has 0 aliphatic carbocycles. The van der Waals surface area contributed by atoms with E-state index in [-0.39, 0.29) is 5.91 Å². The average molecular weight is 283 g/mol. The van der Waals surface area contributed by atoms with Crippen molar-refractivity contribution in [2.75, 3.05) is 6.54 Å². The van der Waals surface area contributed by atoms with Gasteiger partial charge in [0, 0.05) is 30.9 Å². The van der Waals surface area contributed by atoms with E-state index in [0.29, 0.717) is 17.9 Å². The van der Waals surface area contributed by atoms with E-state index in [1.54, 1.807) is 12.5 Å². The molecule has 108 valence electrons.